The smallest absolute Gasteiger partial charge is 0.379 e. The van der Waals surface area contributed by atoms with Crippen LogP contribution in [0.3, 0.4) is 0 Å². The molecule has 0 amide bonds. The zero-order valence-corrected chi connectivity index (χ0v) is 10.5. The highest BCUT2D eigenvalue weighted by atomic mass is 16.5. The zero-order valence-electron chi connectivity index (χ0n) is 10.5. The van der Waals surface area contributed by atoms with E-state index in [9.17, 15) is 9.59 Å². The summed E-state index contributed by atoms with van der Waals surface area (Å²) in [6, 6.07) is 7.74. The van der Waals surface area contributed by atoms with Gasteiger partial charge < -0.3 is 13.9 Å². The van der Waals surface area contributed by atoms with Gasteiger partial charge in [0.25, 0.3) is 0 Å². The van der Waals surface area contributed by atoms with Crippen molar-refractivity contribution < 1.29 is 23.5 Å². The van der Waals surface area contributed by atoms with E-state index >= 15 is 0 Å². The van der Waals surface area contributed by atoms with Gasteiger partial charge in [0.05, 0.1) is 18.9 Å². The molecule has 0 aliphatic carbocycles. The lowest BCUT2D eigenvalue weighted by molar-refractivity contribution is 0.0600. The third-order valence-corrected chi connectivity index (χ3v) is 2.53. The molecule has 0 saturated carbocycles. The number of furan rings is 1. The van der Waals surface area contributed by atoms with Crippen molar-refractivity contribution in [2.24, 2.45) is 0 Å². The van der Waals surface area contributed by atoms with Crippen molar-refractivity contribution in [1.29, 1.82) is 0 Å². The van der Waals surface area contributed by atoms with E-state index in [4.69, 9.17) is 9.15 Å². The molecule has 0 radical (unpaired) electrons. The van der Waals surface area contributed by atoms with Crippen LogP contribution >= 0.6 is 0 Å². The lowest BCUT2D eigenvalue weighted by Crippen LogP contribution is -2.09. The molecule has 1 aromatic carbocycles. The molecule has 2 aromatic rings. The number of aryl methyl sites for hydroxylation is 1. The highest BCUT2D eigenvalue weighted by molar-refractivity contribution is 5.91. The predicted octanol–water partition coefficient (Wildman–Crippen LogP) is 2.59. The summed E-state index contributed by atoms with van der Waals surface area (Å²) in [6.07, 6.45) is 1.42. The second-order valence-corrected chi connectivity index (χ2v) is 3.84. The molecule has 0 aliphatic rings. The van der Waals surface area contributed by atoms with Gasteiger partial charge in [-0.3, -0.25) is 0 Å². The Morgan fingerprint density at radius 2 is 1.74 bits per heavy atom. The number of carbonyl (C=O) groups excluding carboxylic acids is 2. The van der Waals surface area contributed by atoms with Crippen LogP contribution in [-0.2, 0) is 4.74 Å². The van der Waals surface area contributed by atoms with E-state index in [1.807, 2.05) is 0 Å². The monoisotopic (exact) mass is 260 g/mol. The fourth-order valence-electron chi connectivity index (χ4n) is 1.51. The van der Waals surface area contributed by atoms with Crippen LogP contribution in [-0.4, -0.2) is 19.0 Å². The lowest BCUT2D eigenvalue weighted by atomic mass is 10.2. The van der Waals surface area contributed by atoms with E-state index < -0.39 is 11.9 Å². The van der Waals surface area contributed by atoms with Gasteiger partial charge in [0.2, 0.25) is 5.76 Å². The summed E-state index contributed by atoms with van der Waals surface area (Å²) < 4.78 is 14.7. The van der Waals surface area contributed by atoms with Gasteiger partial charge >= 0.3 is 11.9 Å². The second kappa shape index (κ2) is 5.39. The third-order valence-electron chi connectivity index (χ3n) is 2.53. The molecule has 1 heterocycles. The molecule has 0 bridgehead atoms. The van der Waals surface area contributed by atoms with Crippen molar-refractivity contribution in [3.8, 4) is 5.75 Å². The zero-order chi connectivity index (χ0) is 13.8. The van der Waals surface area contributed by atoms with Crippen LogP contribution in [0, 0.1) is 6.92 Å². The molecule has 0 saturated heterocycles. The Bertz CT molecular complexity index is 595. The molecule has 5 heteroatoms. The summed E-state index contributed by atoms with van der Waals surface area (Å²) in [5.74, 6) is -0.529. The fraction of sp³-hybridized carbons (Fsp3) is 0.143. The van der Waals surface area contributed by atoms with Crippen LogP contribution in [0.15, 0.2) is 41.0 Å². The van der Waals surface area contributed by atoms with Crippen LogP contribution in [0.1, 0.15) is 26.5 Å². The number of ether oxygens (including phenoxy) is 2. The number of methoxy groups -OCH3 is 1. The van der Waals surface area contributed by atoms with Gasteiger partial charge in [-0.25, -0.2) is 9.59 Å². The first-order chi connectivity index (χ1) is 9.11. The van der Waals surface area contributed by atoms with Gasteiger partial charge in [-0.1, -0.05) is 0 Å². The van der Waals surface area contributed by atoms with Gasteiger partial charge in [0.1, 0.15) is 5.75 Å². The normalized spacial score (nSPS) is 10.0. The maximum absolute atomic E-state index is 11.8. The molecule has 0 aliphatic heterocycles. The quantitative estimate of drug-likeness (QED) is 0.626. The summed E-state index contributed by atoms with van der Waals surface area (Å²) >= 11 is 0. The Labute approximate surface area is 109 Å². The van der Waals surface area contributed by atoms with E-state index in [1.165, 1.54) is 37.6 Å². The predicted molar refractivity (Wildman–Crippen MR) is 66.2 cm³/mol. The van der Waals surface area contributed by atoms with E-state index in [1.54, 1.807) is 13.0 Å². The summed E-state index contributed by atoms with van der Waals surface area (Å²) in [7, 11) is 1.30. The second-order valence-electron chi connectivity index (χ2n) is 3.84. The summed E-state index contributed by atoms with van der Waals surface area (Å²) in [6.45, 7) is 1.75. The van der Waals surface area contributed by atoms with Crippen molar-refractivity contribution in [3.63, 3.8) is 0 Å². The molecular weight excluding hydrogens is 248 g/mol. The number of carbonyl (C=O) groups is 2. The van der Waals surface area contributed by atoms with Gasteiger partial charge in [-0.05, 0) is 37.3 Å². The van der Waals surface area contributed by atoms with Gasteiger partial charge in [0.15, 0.2) is 0 Å². The van der Waals surface area contributed by atoms with Crippen LogP contribution < -0.4 is 4.74 Å². The Hall–Kier alpha value is -2.56. The maximum atomic E-state index is 11.8. The molecule has 19 heavy (non-hydrogen) atoms. The minimum atomic E-state index is -0.576. The maximum Gasteiger partial charge on any atom is 0.379 e. The van der Waals surface area contributed by atoms with Crippen molar-refractivity contribution in [2.75, 3.05) is 7.11 Å². The Morgan fingerprint density at radius 3 is 2.26 bits per heavy atom. The topological polar surface area (TPSA) is 65.7 Å². The van der Waals surface area contributed by atoms with Crippen molar-refractivity contribution in [1.82, 2.24) is 0 Å². The molecular formula is C14H12O5. The lowest BCUT2D eigenvalue weighted by Gasteiger charge is -2.04. The Morgan fingerprint density at radius 1 is 1.05 bits per heavy atom. The summed E-state index contributed by atoms with van der Waals surface area (Å²) in [5, 5.41) is 0. The molecule has 0 fully saturated rings. The van der Waals surface area contributed by atoms with Gasteiger partial charge in [0, 0.05) is 5.56 Å². The average molecular weight is 260 g/mol. The largest absolute Gasteiger partial charge is 0.465 e. The molecule has 0 atom stereocenters. The number of esters is 2. The average Bonchev–Trinajstić information content (AvgIpc) is 2.85. The molecule has 0 spiro atoms. The van der Waals surface area contributed by atoms with Crippen LogP contribution in [0.25, 0.3) is 0 Å². The fourth-order valence-corrected chi connectivity index (χ4v) is 1.51. The summed E-state index contributed by atoms with van der Waals surface area (Å²) in [5.41, 5.74) is 1.09. The van der Waals surface area contributed by atoms with Crippen LogP contribution in [0.5, 0.6) is 5.75 Å². The van der Waals surface area contributed by atoms with Crippen LogP contribution in [0.4, 0.5) is 0 Å². The molecule has 1 aromatic heterocycles. The van der Waals surface area contributed by atoms with Crippen molar-refractivity contribution >= 4 is 11.9 Å². The highest BCUT2D eigenvalue weighted by Gasteiger charge is 2.15. The van der Waals surface area contributed by atoms with E-state index in [0.717, 1.165) is 0 Å². The number of rotatable bonds is 3. The minimum absolute atomic E-state index is 0.164. The SMILES string of the molecule is COC(=O)c1ccc(OC(=O)c2occc2C)cc1. The molecule has 5 nitrogen and oxygen atoms in total. The highest BCUT2D eigenvalue weighted by Crippen LogP contribution is 2.16. The molecule has 98 valence electrons. The first-order valence-electron chi connectivity index (χ1n) is 5.56. The number of hydrogen-bond acceptors (Lipinski definition) is 5. The standard InChI is InChI=1S/C14H12O5/c1-9-7-8-18-12(9)14(16)19-11-5-3-10(4-6-11)13(15)17-2/h3-8H,1-2H3. The minimum Gasteiger partial charge on any atom is -0.465 e. The Kier molecular flexibility index (Phi) is 3.66. The van der Waals surface area contributed by atoms with Crippen molar-refractivity contribution in [2.45, 2.75) is 6.92 Å². The third kappa shape index (κ3) is 2.82. The van der Waals surface area contributed by atoms with E-state index in [0.29, 0.717) is 16.9 Å². The van der Waals surface area contributed by atoms with Crippen LogP contribution in [0.2, 0.25) is 0 Å². The molecule has 0 unspecified atom stereocenters. The Balaban J connectivity index is 2.10. The summed E-state index contributed by atoms with van der Waals surface area (Å²) in [4.78, 5) is 23.0. The molecule has 2 rings (SSSR count). The van der Waals surface area contributed by atoms with Gasteiger partial charge in [-0.15, -0.1) is 0 Å². The van der Waals surface area contributed by atoms with Crippen molar-refractivity contribution in [3.05, 3.63) is 53.5 Å². The van der Waals surface area contributed by atoms with Gasteiger partial charge in [-0.2, -0.15) is 0 Å². The first-order valence-corrected chi connectivity index (χ1v) is 5.56. The number of benzene rings is 1. The number of hydrogen-bond donors (Lipinski definition) is 0. The first kappa shape index (κ1) is 12.9. The van der Waals surface area contributed by atoms with E-state index in [-0.39, 0.29) is 5.76 Å². The molecule has 0 N–H and O–H groups in total. The van der Waals surface area contributed by atoms with E-state index in [2.05, 4.69) is 4.74 Å².